The number of benzene rings is 1. The summed E-state index contributed by atoms with van der Waals surface area (Å²) in [4.78, 5) is 32.3. The number of carbonyl (C=O) groups excluding carboxylic acids is 2. The topological polar surface area (TPSA) is 62.7 Å². The first kappa shape index (κ1) is 17.0. The van der Waals surface area contributed by atoms with Crippen LogP contribution < -0.4 is 4.74 Å². The third kappa shape index (κ3) is 3.79. The summed E-state index contributed by atoms with van der Waals surface area (Å²) in [6, 6.07) is 12.3. The first-order chi connectivity index (χ1) is 12.1. The van der Waals surface area contributed by atoms with E-state index in [0.717, 1.165) is 6.42 Å². The summed E-state index contributed by atoms with van der Waals surface area (Å²) >= 11 is 0. The largest absolute Gasteiger partial charge is 0.439 e. The highest BCUT2D eigenvalue weighted by atomic mass is 16.5. The molecule has 2 heterocycles. The smallest absolute Gasteiger partial charge is 0.256 e. The normalized spacial score (nSPS) is 16.6. The Bertz CT molecular complexity index is 744. The molecule has 1 aromatic carbocycles. The minimum Gasteiger partial charge on any atom is -0.439 e. The molecular weight excluding hydrogens is 318 g/mol. The molecule has 2 aromatic rings. The lowest BCUT2D eigenvalue weighted by atomic mass is 10.1. The predicted molar refractivity (Wildman–Crippen MR) is 93.5 cm³/mol. The number of nitrogens with zero attached hydrogens (tertiary/aromatic N) is 3. The fraction of sp³-hybridized carbons (Fsp3) is 0.316. The number of likely N-dealkylation sites (tertiary alicyclic amines) is 1. The fourth-order valence-corrected chi connectivity index (χ4v) is 2.91. The Hall–Kier alpha value is -2.89. The summed E-state index contributed by atoms with van der Waals surface area (Å²) in [5, 5.41) is 0. The van der Waals surface area contributed by atoms with Gasteiger partial charge in [0.25, 0.3) is 5.91 Å². The van der Waals surface area contributed by atoms with Gasteiger partial charge in [-0.2, -0.15) is 0 Å². The average Bonchev–Trinajstić information content (AvgIpc) is 3.11. The summed E-state index contributed by atoms with van der Waals surface area (Å²) in [7, 11) is 3.42. The molecule has 6 nitrogen and oxygen atoms in total. The van der Waals surface area contributed by atoms with Gasteiger partial charge in [-0.3, -0.25) is 9.59 Å². The zero-order valence-electron chi connectivity index (χ0n) is 14.4. The number of para-hydroxylation sites is 1. The Kier molecular flexibility index (Phi) is 4.97. The van der Waals surface area contributed by atoms with Crippen LogP contribution in [0.4, 0.5) is 0 Å². The molecule has 0 bridgehead atoms. The maximum absolute atomic E-state index is 12.7. The van der Waals surface area contributed by atoms with E-state index in [1.165, 1.54) is 11.1 Å². The molecule has 0 radical (unpaired) electrons. The molecule has 0 spiro atoms. The molecule has 1 aromatic heterocycles. The van der Waals surface area contributed by atoms with Crippen molar-refractivity contribution in [1.82, 2.24) is 14.8 Å². The summed E-state index contributed by atoms with van der Waals surface area (Å²) in [6.45, 7) is 0.589. The number of amides is 2. The lowest BCUT2D eigenvalue weighted by Gasteiger charge is -2.26. The molecule has 6 heteroatoms. The lowest BCUT2D eigenvalue weighted by Crippen LogP contribution is -2.45. The number of carbonyl (C=O) groups is 2. The standard InChI is InChI=1S/C19H21N3O3/c1-21(2)19(24)16-9-6-12-22(16)18(23)14-10-11-17(20-13-14)25-15-7-4-3-5-8-15/h3-5,7-8,10-11,13,16H,6,9,12H2,1-2H3. The van der Waals surface area contributed by atoms with E-state index < -0.39 is 0 Å². The number of rotatable bonds is 4. The zero-order valence-corrected chi connectivity index (χ0v) is 14.4. The Morgan fingerprint density at radius 2 is 1.92 bits per heavy atom. The highest BCUT2D eigenvalue weighted by Gasteiger charge is 2.35. The van der Waals surface area contributed by atoms with Crippen molar-refractivity contribution in [1.29, 1.82) is 0 Å². The molecule has 1 saturated heterocycles. The lowest BCUT2D eigenvalue weighted by molar-refractivity contribution is -0.132. The van der Waals surface area contributed by atoms with Crippen LogP contribution in [0.25, 0.3) is 0 Å². The zero-order chi connectivity index (χ0) is 17.8. The van der Waals surface area contributed by atoms with E-state index in [2.05, 4.69) is 4.98 Å². The van der Waals surface area contributed by atoms with Gasteiger partial charge in [0, 0.05) is 32.9 Å². The summed E-state index contributed by atoms with van der Waals surface area (Å²) in [6.07, 6.45) is 3.03. The Balaban J connectivity index is 1.71. The molecule has 1 aliphatic heterocycles. The summed E-state index contributed by atoms with van der Waals surface area (Å²) in [5.41, 5.74) is 0.457. The van der Waals surface area contributed by atoms with E-state index in [1.54, 1.807) is 31.1 Å². The van der Waals surface area contributed by atoms with E-state index in [4.69, 9.17) is 4.74 Å². The second-order valence-corrected chi connectivity index (χ2v) is 6.19. The van der Waals surface area contributed by atoms with Crippen molar-refractivity contribution >= 4 is 11.8 Å². The highest BCUT2D eigenvalue weighted by molar-refractivity contribution is 5.97. The molecule has 0 aliphatic carbocycles. The minimum absolute atomic E-state index is 0.0390. The van der Waals surface area contributed by atoms with E-state index >= 15 is 0 Å². The molecular formula is C19H21N3O3. The Morgan fingerprint density at radius 3 is 2.56 bits per heavy atom. The van der Waals surface area contributed by atoms with Gasteiger partial charge in [-0.05, 0) is 31.0 Å². The van der Waals surface area contributed by atoms with Crippen molar-refractivity contribution in [2.24, 2.45) is 0 Å². The third-order valence-corrected chi connectivity index (χ3v) is 4.19. The number of likely N-dealkylation sites (N-methyl/N-ethyl adjacent to an activating group) is 1. The molecule has 130 valence electrons. The van der Waals surface area contributed by atoms with E-state index in [1.807, 2.05) is 30.3 Å². The van der Waals surface area contributed by atoms with Crippen molar-refractivity contribution in [2.75, 3.05) is 20.6 Å². The van der Waals surface area contributed by atoms with Gasteiger partial charge >= 0.3 is 0 Å². The van der Waals surface area contributed by atoms with E-state index in [-0.39, 0.29) is 17.9 Å². The van der Waals surface area contributed by atoms with Crippen LogP contribution in [0, 0.1) is 0 Å². The van der Waals surface area contributed by atoms with Gasteiger partial charge < -0.3 is 14.5 Å². The molecule has 1 fully saturated rings. The van der Waals surface area contributed by atoms with Crippen molar-refractivity contribution < 1.29 is 14.3 Å². The molecule has 1 aliphatic rings. The number of pyridine rings is 1. The van der Waals surface area contributed by atoms with Gasteiger partial charge in [0.15, 0.2) is 0 Å². The second kappa shape index (κ2) is 7.34. The Morgan fingerprint density at radius 1 is 1.16 bits per heavy atom. The quantitative estimate of drug-likeness (QED) is 0.859. The molecule has 0 saturated carbocycles. The van der Waals surface area contributed by atoms with Crippen molar-refractivity contribution in [2.45, 2.75) is 18.9 Å². The maximum Gasteiger partial charge on any atom is 0.256 e. The SMILES string of the molecule is CN(C)C(=O)C1CCCN1C(=O)c1ccc(Oc2ccccc2)nc1. The maximum atomic E-state index is 12.7. The van der Waals surface area contributed by atoms with Crippen LogP contribution in [-0.4, -0.2) is 53.3 Å². The van der Waals surface area contributed by atoms with Crippen LogP contribution in [0.5, 0.6) is 11.6 Å². The molecule has 2 amide bonds. The van der Waals surface area contributed by atoms with Gasteiger partial charge in [0.1, 0.15) is 11.8 Å². The molecule has 0 N–H and O–H groups in total. The molecule has 1 atom stereocenters. The first-order valence-electron chi connectivity index (χ1n) is 8.27. The monoisotopic (exact) mass is 339 g/mol. The average molecular weight is 339 g/mol. The number of aromatic nitrogens is 1. The Labute approximate surface area is 147 Å². The predicted octanol–water partition coefficient (Wildman–Crippen LogP) is 2.57. The van der Waals surface area contributed by atoms with Gasteiger partial charge in [0.2, 0.25) is 11.8 Å². The number of hydrogen-bond acceptors (Lipinski definition) is 4. The molecule has 25 heavy (non-hydrogen) atoms. The van der Waals surface area contributed by atoms with Gasteiger partial charge in [-0.15, -0.1) is 0 Å². The number of ether oxygens (including phenoxy) is 1. The van der Waals surface area contributed by atoms with Crippen LogP contribution in [0.15, 0.2) is 48.7 Å². The van der Waals surface area contributed by atoms with E-state index in [9.17, 15) is 9.59 Å². The van der Waals surface area contributed by atoms with Crippen molar-refractivity contribution in [3.63, 3.8) is 0 Å². The van der Waals surface area contributed by atoms with Crippen LogP contribution in [-0.2, 0) is 4.79 Å². The van der Waals surface area contributed by atoms with Gasteiger partial charge in [-0.25, -0.2) is 4.98 Å². The summed E-state index contributed by atoms with van der Waals surface area (Å²) < 4.78 is 5.63. The first-order valence-corrected chi connectivity index (χ1v) is 8.27. The number of hydrogen-bond donors (Lipinski definition) is 0. The van der Waals surface area contributed by atoms with E-state index in [0.29, 0.717) is 30.2 Å². The van der Waals surface area contributed by atoms with Crippen LogP contribution in [0.2, 0.25) is 0 Å². The summed E-state index contributed by atoms with van der Waals surface area (Å²) in [5.74, 6) is 0.898. The van der Waals surface area contributed by atoms with Crippen molar-refractivity contribution in [3.8, 4) is 11.6 Å². The fourth-order valence-electron chi connectivity index (χ4n) is 2.91. The molecule has 3 rings (SSSR count). The van der Waals surface area contributed by atoms with Crippen LogP contribution >= 0.6 is 0 Å². The van der Waals surface area contributed by atoms with Crippen molar-refractivity contribution in [3.05, 3.63) is 54.2 Å². The van der Waals surface area contributed by atoms with Crippen LogP contribution in [0.3, 0.4) is 0 Å². The van der Waals surface area contributed by atoms with Gasteiger partial charge in [-0.1, -0.05) is 18.2 Å². The molecule has 1 unspecified atom stereocenters. The third-order valence-electron chi connectivity index (χ3n) is 4.19. The minimum atomic E-state index is -0.386. The highest BCUT2D eigenvalue weighted by Crippen LogP contribution is 2.23. The van der Waals surface area contributed by atoms with Crippen LogP contribution in [0.1, 0.15) is 23.2 Å². The van der Waals surface area contributed by atoms with Gasteiger partial charge in [0.05, 0.1) is 5.56 Å². The second-order valence-electron chi connectivity index (χ2n) is 6.19.